The van der Waals surface area contributed by atoms with Gasteiger partial charge in [-0.25, -0.2) is 9.59 Å². The molecule has 31 heavy (non-hydrogen) atoms. The maximum Gasteiger partial charge on any atom is 0.329 e. The summed E-state index contributed by atoms with van der Waals surface area (Å²) in [6, 6.07) is 0.555. The van der Waals surface area contributed by atoms with Crippen molar-refractivity contribution >= 4 is 11.9 Å². The third-order valence-corrected chi connectivity index (χ3v) is 4.98. The highest BCUT2D eigenvalue weighted by Crippen LogP contribution is 2.24. The SMILES string of the molecule is O=C(O)COCCOCCN(CCOCCOCC(=O)O)CCN(CCO)C1CCC1. The Morgan fingerprint density at radius 1 is 0.710 bits per heavy atom. The van der Waals surface area contributed by atoms with Crippen LogP contribution in [0.15, 0.2) is 0 Å². The van der Waals surface area contributed by atoms with Crippen LogP contribution in [0.25, 0.3) is 0 Å². The minimum absolute atomic E-state index is 0.148. The van der Waals surface area contributed by atoms with E-state index in [1.54, 1.807) is 0 Å². The number of carboxylic acid groups (broad SMARTS) is 2. The highest BCUT2D eigenvalue weighted by molar-refractivity contribution is 5.68. The van der Waals surface area contributed by atoms with E-state index in [9.17, 15) is 14.7 Å². The molecule has 0 aromatic heterocycles. The number of hydrogen-bond acceptors (Lipinski definition) is 9. The molecule has 3 N–H and O–H groups in total. The summed E-state index contributed by atoms with van der Waals surface area (Å²) in [5.41, 5.74) is 0. The molecule has 0 atom stereocenters. The topological polar surface area (TPSA) is 138 Å². The van der Waals surface area contributed by atoms with E-state index >= 15 is 0 Å². The minimum Gasteiger partial charge on any atom is -0.480 e. The van der Waals surface area contributed by atoms with E-state index in [0.29, 0.717) is 52.1 Å². The summed E-state index contributed by atoms with van der Waals surface area (Å²) in [4.78, 5) is 25.4. The lowest BCUT2D eigenvalue weighted by molar-refractivity contribution is -0.143. The van der Waals surface area contributed by atoms with E-state index in [4.69, 9.17) is 29.2 Å². The lowest BCUT2D eigenvalue weighted by Crippen LogP contribution is -2.46. The first kappa shape index (κ1) is 27.7. The Hall–Kier alpha value is -1.34. The van der Waals surface area contributed by atoms with Gasteiger partial charge in [0, 0.05) is 38.8 Å². The van der Waals surface area contributed by atoms with Crippen LogP contribution in [0, 0.1) is 0 Å². The molecule has 0 aliphatic heterocycles. The van der Waals surface area contributed by atoms with Crippen molar-refractivity contribution in [1.82, 2.24) is 9.80 Å². The van der Waals surface area contributed by atoms with Crippen LogP contribution in [0.2, 0.25) is 0 Å². The van der Waals surface area contributed by atoms with E-state index in [-0.39, 0.29) is 33.0 Å². The molecule has 11 heteroatoms. The Bertz CT molecular complexity index is 450. The molecule has 1 rings (SSSR count). The van der Waals surface area contributed by atoms with Crippen LogP contribution >= 0.6 is 0 Å². The van der Waals surface area contributed by atoms with Crippen LogP contribution in [0.1, 0.15) is 19.3 Å². The number of nitrogens with zero attached hydrogens (tertiary/aromatic N) is 2. The second kappa shape index (κ2) is 18.3. The van der Waals surface area contributed by atoms with Crippen LogP contribution in [-0.2, 0) is 28.5 Å². The van der Waals surface area contributed by atoms with Crippen molar-refractivity contribution in [1.29, 1.82) is 0 Å². The van der Waals surface area contributed by atoms with Gasteiger partial charge in [0.05, 0.1) is 46.2 Å². The molecular weight excluding hydrogens is 412 g/mol. The van der Waals surface area contributed by atoms with Crippen LogP contribution < -0.4 is 0 Å². The van der Waals surface area contributed by atoms with Crippen LogP contribution in [0.4, 0.5) is 0 Å². The summed E-state index contributed by atoms with van der Waals surface area (Å²) in [5, 5.41) is 26.4. The number of hydrogen-bond donors (Lipinski definition) is 3. The monoisotopic (exact) mass is 450 g/mol. The summed E-state index contributed by atoms with van der Waals surface area (Å²) < 4.78 is 20.9. The number of rotatable bonds is 22. The van der Waals surface area contributed by atoms with Crippen LogP contribution in [-0.4, -0.2) is 135 Å². The fraction of sp³-hybridized carbons (Fsp3) is 0.900. The molecule has 0 aromatic carbocycles. The molecule has 0 spiro atoms. The second-order valence-electron chi connectivity index (χ2n) is 7.30. The van der Waals surface area contributed by atoms with Crippen molar-refractivity contribution in [3.63, 3.8) is 0 Å². The van der Waals surface area contributed by atoms with Crippen molar-refractivity contribution in [2.75, 3.05) is 92.2 Å². The third kappa shape index (κ3) is 15.2. The smallest absolute Gasteiger partial charge is 0.329 e. The molecule has 0 unspecified atom stereocenters. The number of aliphatic hydroxyl groups is 1. The lowest BCUT2D eigenvalue weighted by Gasteiger charge is -2.38. The first-order valence-electron chi connectivity index (χ1n) is 10.8. The molecule has 0 amide bonds. The number of carboxylic acids is 2. The van der Waals surface area contributed by atoms with Crippen molar-refractivity contribution in [2.45, 2.75) is 25.3 Å². The van der Waals surface area contributed by atoms with Gasteiger partial charge < -0.3 is 34.3 Å². The fourth-order valence-corrected chi connectivity index (χ4v) is 3.11. The molecular formula is C20H38N2O9. The van der Waals surface area contributed by atoms with E-state index in [0.717, 1.165) is 13.1 Å². The van der Waals surface area contributed by atoms with E-state index in [1.807, 2.05) is 0 Å². The molecule has 1 saturated carbocycles. The van der Waals surface area contributed by atoms with Crippen molar-refractivity contribution < 1.29 is 43.9 Å². The lowest BCUT2D eigenvalue weighted by atomic mass is 9.91. The van der Waals surface area contributed by atoms with Gasteiger partial charge in [-0.3, -0.25) is 9.80 Å². The quantitative estimate of drug-likeness (QED) is 0.182. The van der Waals surface area contributed by atoms with Crippen molar-refractivity contribution in [3.05, 3.63) is 0 Å². The molecule has 0 bridgehead atoms. The first-order valence-corrected chi connectivity index (χ1v) is 10.8. The Morgan fingerprint density at radius 2 is 1.23 bits per heavy atom. The van der Waals surface area contributed by atoms with Crippen LogP contribution in [0.5, 0.6) is 0 Å². The van der Waals surface area contributed by atoms with E-state index < -0.39 is 11.9 Å². The average Bonchev–Trinajstić information content (AvgIpc) is 2.68. The number of aliphatic carboxylic acids is 2. The van der Waals surface area contributed by atoms with Gasteiger partial charge in [-0.1, -0.05) is 6.42 Å². The molecule has 11 nitrogen and oxygen atoms in total. The molecule has 0 radical (unpaired) electrons. The fourth-order valence-electron chi connectivity index (χ4n) is 3.11. The Morgan fingerprint density at radius 3 is 1.65 bits per heavy atom. The highest BCUT2D eigenvalue weighted by atomic mass is 16.5. The van der Waals surface area contributed by atoms with Crippen molar-refractivity contribution in [3.8, 4) is 0 Å². The summed E-state index contributed by atoms with van der Waals surface area (Å²) in [7, 11) is 0. The molecule has 1 aliphatic carbocycles. The highest BCUT2D eigenvalue weighted by Gasteiger charge is 2.24. The van der Waals surface area contributed by atoms with Gasteiger partial charge in [-0.05, 0) is 12.8 Å². The predicted octanol–water partition coefficient (Wildman–Crippen LogP) is -0.629. The van der Waals surface area contributed by atoms with Gasteiger partial charge in [0.25, 0.3) is 0 Å². The maximum atomic E-state index is 10.4. The van der Waals surface area contributed by atoms with Crippen molar-refractivity contribution in [2.24, 2.45) is 0 Å². The minimum atomic E-state index is -1.00. The second-order valence-corrected chi connectivity index (χ2v) is 7.30. The zero-order chi connectivity index (χ0) is 22.7. The van der Waals surface area contributed by atoms with Gasteiger partial charge in [-0.15, -0.1) is 0 Å². The van der Waals surface area contributed by atoms with Gasteiger partial charge in [0.1, 0.15) is 13.2 Å². The van der Waals surface area contributed by atoms with Gasteiger partial charge in [0.15, 0.2) is 0 Å². The standard InChI is InChI=1S/C20H38N2O9/c23-9-6-22(18-2-1-3-18)5-4-21(7-10-28-12-14-30-16-19(24)25)8-11-29-13-15-31-17-20(26)27/h18,23H,1-17H2,(H,24,25)(H,26,27). The summed E-state index contributed by atoms with van der Waals surface area (Å²) in [6.07, 6.45) is 3.60. The summed E-state index contributed by atoms with van der Waals surface area (Å²) in [5.74, 6) is -2.00. The predicted molar refractivity (Wildman–Crippen MR) is 111 cm³/mol. The number of aliphatic hydroxyl groups excluding tert-OH is 1. The number of ether oxygens (including phenoxy) is 4. The average molecular weight is 451 g/mol. The Labute approximate surface area is 183 Å². The molecule has 0 heterocycles. The largest absolute Gasteiger partial charge is 0.480 e. The molecule has 0 saturated heterocycles. The zero-order valence-electron chi connectivity index (χ0n) is 18.3. The normalized spacial score (nSPS) is 14.3. The van der Waals surface area contributed by atoms with Gasteiger partial charge in [-0.2, -0.15) is 0 Å². The number of carbonyl (C=O) groups is 2. The van der Waals surface area contributed by atoms with E-state index in [2.05, 4.69) is 9.80 Å². The molecule has 1 fully saturated rings. The van der Waals surface area contributed by atoms with Crippen LogP contribution in [0.3, 0.4) is 0 Å². The Kier molecular flexibility index (Phi) is 16.3. The Balaban J connectivity index is 2.27. The first-order chi connectivity index (χ1) is 15.0. The van der Waals surface area contributed by atoms with E-state index in [1.165, 1.54) is 19.3 Å². The summed E-state index contributed by atoms with van der Waals surface area (Å²) in [6.45, 7) is 5.32. The molecule has 1 aliphatic rings. The van der Waals surface area contributed by atoms with Gasteiger partial charge in [0.2, 0.25) is 0 Å². The maximum absolute atomic E-state index is 10.4. The van der Waals surface area contributed by atoms with Gasteiger partial charge >= 0.3 is 11.9 Å². The third-order valence-electron chi connectivity index (χ3n) is 4.98. The zero-order valence-corrected chi connectivity index (χ0v) is 18.3. The summed E-state index contributed by atoms with van der Waals surface area (Å²) >= 11 is 0. The molecule has 0 aromatic rings. The molecule has 182 valence electrons.